The first-order valence-corrected chi connectivity index (χ1v) is 5.63. The summed E-state index contributed by atoms with van der Waals surface area (Å²) in [6, 6.07) is 3.99. The number of rotatable bonds is 5. The zero-order chi connectivity index (χ0) is 11.3. The van der Waals surface area contributed by atoms with Gasteiger partial charge in [0.1, 0.15) is 0 Å². The number of hydrogen-bond acceptors (Lipinski definition) is 3. The first-order valence-electron chi connectivity index (χ1n) is 4.84. The third-order valence-corrected chi connectivity index (χ3v) is 2.83. The Kier molecular flexibility index (Phi) is 4.91. The van der Waals surface area contributed by atoms with Crippen molar-refractivity contribution in [3.8, 4) is 11.5 Å². The predicted molar refractivity (Wildman–Crippen MR) is 64.6 cm³/mol. The maximum atomic E-state index is 5.49. The van der Waals surface area contributed by atoms with Gasteiger partial charge in [0.2, 0.25) is 0 Å². The minimum atomic E-state index is 0.682. The van der Waals surface area contributed by atoms with Crippen molar-refractivity contribution >= 4 is 15.9 Å². The molecule has 0 aliphatic heterocycles. The van der Waals surface area contributed by atoms with E-state index >= 15 is 0 Å². The molecule has 0 aliphatic carbocycles. The molecule has 0 bridgehead atoms. The Bertz CT molecular complexity index is 329. The van der Waals surface area contributed by atoms with Crippen molar-refractivity contribution in [2.24, 2.45) is 5.73 Å². The third kappa shape index (κ3) is 2.86. The third-order valence-electron chi connectivity index (χ3n) is 2.20. The highest BCUT2D eigenvalue weighted by atomic mass is 79.9. The van der Waals surface area contributed by atoms with Gasteiger partial charge < -0.3 is 15.2 Å². The van der Waals surface area contributed by atoms with Crippen molar-refractivity contribution in [2.45, 2.75) is 12.8 Å². The van der Waals surface area contributed by atoms with E-state index < -0.39 is 0 Å². The van der Waals surface area contributed by atoms with E-state index in [2.05, 4.69) is 15.9 Å². The van der Waals surface area contributed by atoms with Crippen LogP contribution in [0.1, 0.15) is 12.0 Å². The fourth-order valence-electron chi connectivity index (χ4n) is 1.48. The Labute approximate surface area is 98.7 Å². The molecule has 0 amide bonds. The van der Waals surface area contributed by atoms with Gasteiger partial charge in [-0.05, 0) is 46.9 Å². The largest absolute Gasteiger partial charge is 0.493 e. The summed E-state index contributed by atoms with van der Waals surface area (Å²) in [7, 11) is 3.28. The van der Waals surface area contributed by atoms with Crippen LogP contribution in [-0.4, -0.2) is 20.8 Å². The first-order chi connectivity index (χ1) is 7.24. The Balaban J connectivity index is 3.05. The van der Waals surface area contributed by atoms with Crippen molar-refractivity contribution in [1.82, 2.24) is 0 Å². The van der Waals surface area contributed by atoms with Crippen molar-refractivity contribution in [3.63, 3.8) is 0 Å². The number of benzene rings is 1. The normalized spacial score (nSPS) is 10.1. The lowest BCUT2D eigenvalue weighted by Crippen LogP contribution is -2.02. The molecule has 4 heteroatoms. The van der Waals surface area contributed by atoms with Gasteiger partial charge in [0.15, 0.2) is 11.5 Å². The van der Waals surface area contributed by atoms with Crippen LogP contribution in [0.2, 0.25) is 0 Å². The van der Waals surface area contributed by atoms with E-state index in [1.165, 1.54) is 0 Å². The van der Waals surface area contributed by atoms with E-state index in [1.807, 2.05) is 12.1 Å². The lowest BCUT2D eigenvalue weighted by Gasteiger charge is -2.13. The molecule has 0 saturated heterocycles. The fourth-order valence-corrected chi connectivity index (χ4v) is 1.96. The van der Waals surface area contributed by atoms with Crippen LogP contribution in [0.15, 0.2) is 16.6 Å². The summed E-state index contributed by atoms with van der Waals surface area (Å²) >= 11 is 3.42. The van der Waals surface area contributed by atoms with E-state index in [0.717, 1.165) is 34.4 Å². The Morgan fingerprint density at radius 2 is 1.87 bits per heavy atom. The van der Waals surface area contributed by atoms with Crippen LogP contribution >= 0.6 is 15.9 Å². The van der Waals surface area contributed by atoms with Crippen molar-refractivity contribution in [1.29, 1.82) is 0 Å². The summed E-state index contributed by atoms with van der Waals surface area (Å²) in [6.07, 6.45) is 1.85. The summed E-state index contributed by atoms with van der Waals surface area (Å²) in [4.78, 5) is 0. The van der Waals surface area contributed by atoms with Gasteiger partial charge in [-0.25, -0.2) is 0 Å². The standard InChI is InChI=1S/C11H16BrNO2/c1-14-10-8(4-3-7-13)5-6-9(12)11(10)15-2/h5-6H,3-4,7,13H2,1-2H3. The van der Waals surface area contributed by atoms with Crippen LogP contribution in [0.5, 0.6) is 11.5 Å². The molecule has 0 radical (unpaired) electrons. The van der Waals surface area contributed by atoms with Gasteiger partial charge in [-0.3, -0.25) is 0 Å². The number of halogens is 1. The number of nitrogens with two attached hydrogens (primary N) is 1. The van der Waals surface area contributed by atoms with Crippen LogP contribution in [0.4, 0.5) is 0 Å². The lowest BCUT2D eigenvalue weighted by molar-refractivity contribution is 0.349. The molecule has 15 heavy (non-hydrogen) atoms. The zero-order valence-corrected chi connectivity index (χ0v) is 10.6. The molecule has 0 atom stereocenters. The quantitative estimate of drug-likeness (QED) is 0.896. The van der Waals surface area contributed by atoms with Crippen LogP contribution in [0.25, 0.3) is 0 Å². The Hall–Kier alpha value is -0.740. The van der Waals surface area contributed by atoms with E-state index in [0.29, 0.717) is 6.54 Å². The first kappa shape index (κ1) is 12.3. The fraction of sp³-hybridized carbons (Fsp3) is 0.455. The molecule has 3 nitrogen and oxygen atoms in total. The summed E-state index contributed by atoms with van der Waals surface area (Å²) < 4.78 is 11.5. The van der Waals surface area contributed by atoms with Gasteiger partial charge in [0.25, 0.3) is 0 Å². The molecular weight excluding hydrogens is 258 g/mol. The maximum Gasteiger partial charge on any atom is 0.175 e. The Morgan fingerprint density at radius 3 is 2.40 bits per heavy atom. The second-order valence-electron chi connectivity index (χ2n) is 3.17. The summed E-state index contributed by atoms with van der Waals surface area (Å²) in [5.41, 5.74) is 6.61. The molecule has 1 aromatic carbocycles. The highest BCUT2D eigenvalue weighted by Crippen LogP contribution is 2.38. The molecule has 0 fully saturated rings. The minimum absolute atomic E-state index is 0.682. The van der Waals surface area contributed by atoms with E-state index in [4.69, 9.17) is 15.2 Å². The highest BCUT2D eigenvalue weighted by molar-refractivity contribution is 9.10. The number of ether oxygens (including phenoxy) is 2. The summed E-state index contributed by atoms with van der Waals surface area (Å²) in [6.45, 7) is 0.682. The maximum absolute atomic E-state index is 5.49. The van der Waals surface area contributed by atoms with Crippen LogP contribution in [0.3, 0.4) is 0 Å². The van der Waals surface area contributed by atoms with Crippen molar-refractivity contribution in [3.05, 3.63) is 22.2 Å². The van der Waals surface area contributed by atoms with Crippen LogP contribution < -0.4 is 15.2 Å². The number of hydrogen-bond donors (Lipinski definition) is 1. The Morgan fingerprint density at radius 1 is 1.20 bits per heavy atom. The molecule has 1 aromatic rings. The molecule has 0 unspecified atom stereocenters. The monoisotopic (exact) mass is 273 g/mol. The van der Waals surface area contributed by atoms with Crippen molar-refractivity contribution < 1.29 is 9.47 Å². The average Bonchev–Trinajstić information content (AvgIpc) is 2.26. The lowest BCUT2D eigenvalue weighted by atomic mass is 10.1. The van der Waals surface area contributed by atoms with Gasteiger partial charge in [-0.1, -0.05) is 6.07 Å². The number of aryl methyl sites for hydroxylation is 1. The zero-order valence-electron chi connectivity index (χ0n) is 9.05. The molecule has 0 aliphatic rings. The molecule has 0 heterocycles. The van der Waals surface area contributed by atoms with Gasteiger partial charge in [0, 0.05) is 0 Å². The molecule has 1 rings (SSSR count). The van der Waals surface area contributed by atoms with E-state index in [9.17, 15) is 0 Å². The second kappa shape index (κ2) is 5.98. The number of methoxy groups -OCH3 is 2. The molecule has 0 aromatic heterocycles. The summed E-state index contributed by atoms with van der Waals surface area (Å²) in [5, 5.41) is 0. The van der Waals surface area contributed by atoms with Crippen LogP contribution in [0, 0.1) is 0 Å². The topological polar surface area (TPSA) is 44.5 Å². The van der Waals surface area contributed by atoms with E-state index in [1.54, 1.807) is 14.2 Å². The average molecular weight is 274 g/mol. The minimum Gasteiger partial charge on any atom is -0.493 e. The molecular formula is C11H16BrNO2. The molecule has 0 spiro atoms. The SMILES string of the molecule is COc1c(Br)ccc(CCCN)c1OC. The summed E-state index contributed by atoms with van der Waals surface area (Å²) in [5.74, 6) is 1.53. The van der Waals surface area contributed by atoms with Crippen LogP contribution in [-0.2, 0) is 6.42 Å². The smallest absolute Gasteiger partial charge is 0.175 e. The molecule has 2 N–H and O–H groups in total. The van der Waals surface area contributed by atoms with Gasteiger partial charge in [0.05, 0.1) is 18.7 Å². The molecule has 0 saturated carbocycles. The predicted octanol–water partition coefficient (Wildman–Crippen LogP) is 2.36. The molecule has 84 valence electrons. The van der Waals surface area contributed by atoms with Gasteiger partial charge >= 0.3 is 0 Å². The van der Waals surface area contributed by atoms with Gasteiger partial charge in [-0.2, -0.15) is 0 Å². The van der Waals surface area contributed by atoms with E-state index in [-0.39, 0.29) is 0 Å². The highest BCUT2D eigenvalue weighted by Gasteiger charge is 2.12. The second-order valence-corrected chi connectivity index (χ2v) is 4.02. The van der Waals surface area contributed by atoms with Crippen molar-refractivity contribution in [2.75, 3.05) is 20.8 Å². The van der Waals surface area contributed by atoms with Gasteiger partial charge in [-0.15, -0.1) is 0 Å².